The van der Waals surface area contributed by atoms with E-state index in [1.165, 1.54) is 61.4 Å². The Bertz CT molecular complexity index is 2300. The zero-order valence-electron chi connectivity index (χ0n) is 34.6. The highest BCUT2D eigenvalue weighted by atomic mass is 15.3. The van der Waals surface area contributed by atoms with Crippen molar-refractivity contribution in [2.45, 2.75) is 104 Å². The number of rotatable bonds is 8. The summed E-state index contributed by atoms with van der Waals surface area (Å²) in [4.78, 5) is 5.26. The van der Waals surface area contributed by atoms with Crippen LogP contribution in [0.4, 0.5) is 22.7 Å². The molecule has 6 aromatic carbocycles. The van der Waals surface area contributed by atoms with Crippen LogP contribution >= 0.6 is 0 Å². The first kappa shape index (κ1) is 36.9. The average molecular weight is 723 g/mol. The number of fused-ring (bicyclic) bond motifs is 3. The predicted octanol–water partition coefficient (Wildman–Crippen LogP) is 15.1. The van der Waals surface area contributed by atoms with Gasteiger partial charge in [0, 0.05) is 33.7 Å². The summed E-state index contributed by atoms with van der Waals surface area (Å²) in [6.07, 6.45) is 1.11. The van der Waals surface area contributed by atoms with Crippen LogP contribution in [0.5, 0.6) is 0 Å². The maximum absolute atomic E-state index is 2.81. The van der Waals surface area contributed by atoms with Gasteiger partial charge in [-0.05, 0) is 124 Å². The van der Waals surface area contributed by atoms with Gasteiger partial charge in [-0.2, -0.15) is 0 Å². The second-order valence-corrected chi connectivity index (χ2v) is 18.6. The van der Waals surface area contributed by atoms with E-state index in [4.69, 9.17) is 0 Å². The molecule has 1 aliphatic heterocycles. The van der Waals surface area contributed by atoms with Crippen LogP contribution in [0.1, 0.15) is 121 Å². The molecule has 2 nitrogen and oxygen atoms in total. The lowest BCUT2D eigenvalue weighted by Gasteiger charge is -2.43. The normalized spacial score (nSPS) is 17.7. The molecule has 0 N–H and O–H groups in total. The zero-order valence-corrected chi connectivity index (χ0v) is 34.6. The number of benzene rings is 6. The fourth-order valence-corrected chi connectivity index (χ4v) is 10.3. The van der Waals surface area contributed by atoms with E-state index in [1.807, 2.05) is 0 Å². The van der Waals surface area contributed by atoms with Gasteiger partial charge >= 0.3 is 0 Å². The van der Waals surface area contributed by atoms with Crippen molar-refractivity contribution in [1.82, 2.24) is 0 Å². The van der Waals surface area contributed by atoms with Crippen molar-refractivity contribution in [1.29, 1.82) is 0 Å². The summed E-state index contributed by atoms with van der Waals surface area (Å²) in [5, 5.41) is 0. The van der Waals surface area contributed by atoms with Gasteiger partial charge in [0.05, 0.1) is 6.04 Å². The van der Waals surface area contributed by atoms with Crippen molar-refractivity contribution >= 4 is 22.7 Å². The topological polar surface area (TPSA) is 6.48 Å². The van der Waals surface area contributed by atoms with Crippen LogP contribution in [0.25, 0.3) is 22.3 Å². The Balaban J connectivity index is 1.25. The van der Waals surface area contributed by atoms with Gasteiger partial charge in [-0.3, -0.25) is 0 Å². The molecule has 1 aliphatic carbocycles. The first-order valence-corrected chi connectivity index (χ1v) is 20.4. The van der Waals surface area contributed by atoms with Crippen LogP contribution < -0.4 is 9.80 Å². The smallest absolute Gasteiger partial charge is 0.0599 e. The summed E-state index contributed by atoms with van der Waals surface area (Å²) in [5.74, 6) is 0.867. The average Bonchev–Trinajstić information content (AvgIpc) is 3.52. The Morgan fingerprint density at radius 1 is 0.527 bits per heavy atom. The lowest BCUT2D eigenvalue weighted by Crippen LogP contribution is -2.41. The Hall–Kier alpha value is -5.08. The fourth-order valence-electron chi connectivity index (χ4n) is 10.3. The minimum absolute atomic E-state index is 0.0111. The first-order chi connectivity index (χ1) is 26.2. The fraction of sp³-hybridized carbons (Fsp3) is 0.321. The molecule has 1 atom stereocenters. The Morgan fingerprint density at radius 2 is 1.05 bits per heavy atom. The molecule has 0 spiro atoms. The second-order valence-electron chi connectivity index (χ2n) is 18.6. The van der Waals surface area contributed by atoms with Gasteiger partial charge in [-0.25, -0.2) is 0 Å². The van der Waals surface area contributed by atoms with Crippen molar-refractivity contribution in [2.75, 3.05) is 9.80 Å². The van der Waals surface area contributed by atoms with Crippen LogP contribution in [0, 0.1) is 5.41 Å². The van der Waals surface area contributed by atoms with Gasteiger partial charge in [0.15, 0.2) is 0 Å². The lowest BCUT2D eigenvalue weighted by atomic mass is 9.78. The van der Waals surface area contributed by atoms with Crippen molar-refractivity contribution < 1.29 is 0 Å². The number of para-hydroxylation sites is 1. The SMILES string of the molecule is CC(C)c1cccc(C(C)C)c1N1C(c2ccc(N(c3ccc(-c4ccccc4)cc3)c3ccc4c(c3)C(C)(C)c3ccccc3-4)cc2)C(C)(C)CC1(C)C. The van der Waals surface area contributed by atoms with E-state index in [-0.39, 0.29) is 22.4 Å². The minimum atomic E-state index is -0.0833. The summed E-state index contributed by atoms with van der Waals surface area (Å²) in [5.41, 5.74) is 17.1. The molecule has 55 heavy (non-hydrogen) atoms. The number of anilines is 4. The molecule has 0 radical (unpaired) electrons. The van der Waals surface area contributed by atoms with Gasteiger partial charge in [-0.1, -0.05) is 159 Å². The third-order valence-corrected chi connectivity index (χ3v) is 12.6. The van der Waals surface area contributed by atoms with E-state index in [9.17, 15) is 0 Å². The number of nitrogens with zero attached hydrogens (tertiary/aromatic N) is 2. The number of hydrogen-bond donors (Lipinski definition) is 0. The van der Waals surface area contributed by atoms with E-state index in [0.717, 1.165) is 17.8 Å². The van der Waals surface area contributed by atoms with Gasteiger partial charge < -0.3 is 9.80 Å². The highest BCUT2D eigenvalue weighted by molar-refractivity contribution is 5.86. The molecule has 1 unspecified atom stereocenters. The molecule has 2 aliphatic rings. The Labute approximate surface area is 330 Å². The maximum atomic E-state index is 2.81. The second kappa shape index (κ2) is 13.6. The first-order valence-electron chi connectivity index (χ1n) is 20.4. The zero-order chi connectivity index (χ0) is 38.9. The third-order valence-electron chi connectivity index (χ3n) is 12.6. The maximum Gasteiger partial charge on any atom is 0.0599 e. The van der Waals surface area contributed by atoms with E-state index >= 15 is 0 Å². The Kier molecular flexibility index (Phi) is 9.11. The molecule has 1 saturated heterocycles. The summed E-state index contributed by atoms with van der Waals surface area (Å²) in [7, 11) is 0. The summed E-state index contributed by atoms with van der Waals surface area (Å²) < 4.78 is 0. The molecule has 1 heterocycles. The standard InChI is InChI=1S/C53H58N2/c1-35(2)43-20-16-21-44(36(3)4)49(43)55-50(51(5,6)34-52(55,7)8)39-25-29-41(30-26-39)54(40-27-23-38(24-28-40)37-17-12-11-13-18-37)42-31-32-46-45-19-14-15-22-47(45)53(9,10)48(46)33-42/h11-33,35-36,50H,34H2,1-10H3. The van der Waals surface area contributed by atoms with E-state index in [2.05, 4.69) is 219 Å². The molecular formula is C53H58N2. The van der Waals surface area contributed by atoms with E-state index < -0.39 is 0 Å². The molecule has 0 amide bonds. The molecular weight excluding hydrogens is 665 g/mol. The van der Waals surface area contributed by atoms with Gasteiger partial charge in [0.2, 0.25) is 0 Å². The van der Waals surface area contributed by atoms with Crippen molar-refractivity contribution in [3.05, 3.63) is 167 Å². The van der Waals surface area contributed by atoms with Gasteiger partial charge in [0.25, 0.3) is 0 Å². The largest absolute Gasteiger partial charge is 0.358 e. The summed E-state index contributed by atoms with van der Waals surface area (Å²) in [6, 6.07) is 52.6. The molecule has 1 fully saturated rings. The third kappa shape index (κ3) is 6.28. The van der Waals surface area contributed by atoms with Gasteiger partial charge in [0.1, 0.15) is 0 Å². The molecule has 0 bridgehead atoms. The van der Waals surface area contributed by atoms with Gasteiger partial charge in [-0.15, -0.1) is 0 Å². The van der Waals surface area contributed by atoms with Crippen LogP contribution in [-0.2, 0) is 5.41 Å². The Morgan fingerprint density at radius 3 is 1.67 bits per heavy atom. The molecule has 2 heteroatoms. The summed E-state index contributed by atoms with van der Waals surface area (Å²) >= 11 is 0. The minimum Gasteiger partial charge on any atom is -0.358 e. The van der Waals surface area contributed by atoms with E-state index in [1.54, 1.807) is 0 Å². The monoisotopic (exact) mass is 722 g/mol. The van der Waals surface area contributed by atoms with Crippen LogP contribution in [0.2, 0.25) is 0 Å². The molecule has 0 saturated carbocycles. The highest BCUT2D eigenvalue weighted by Gasteiger charge is 2.52. The molecule has 280 valence electrons. The molecule has 0 aromatic heterocycles. The summed E-state index contributed by atoms with van der Waals surface area (Å²) in [6.45, 7) is 24.0. The lowest BCUT2D eigenvalue weighted by molar-refractivity contribution is 0.320. The molecule has 8 rings (SSSR count). The van der Waals surface area contributed by atoms with Crippen molar-refractivity contribution in [3.8, 4) is 22.3 Å². The predicted molar refractivity (Wildman–Crippen MR) is 236 cm³/mol. The van der Waals surface area contributed by atoms with Crippen LogP contribution in [0.3, 0.4) is 0 Å². The van der Waals surface area contributed by atoms with E-state index in [0.29, 0.717) is 11.8 Å². The van der Waals surface area contributed by atoms with Crippen LogP contribution in [-0.4, -0.2) is 5.54 Å². The van der Waals surface area contributed by atoms with Crippen molar-refractivity contribution in [2.24, 2.45) is 5.41 Å². The van der Waals surface area contributed by atoms with Crippen LogP contribution in [0.15, 0.2) is 140 Å². The van der Waals surface area contributed by atoms with Crippen molar-refractivity contribution in [3.63, 3.8) is 0 Å². The molecule has 6 aromatic rings. The number of hydrogen-bond acceptors (Lipinski definition) is 2. The highest BCUT2D eigenvalue weighted by Crippen LogP contribution is 2.58. The quantitative estimate of drug-likeness (QED) is 0.154.